The smallest absolute Gasteiger partial charge is 0.257 e. The van der Waals surface area contributed by atoms with Crippen molar-refractivity contribution in [3.05, 3.63) is 59.7 Å². The molecule has 2 amide bonds. The molecule has 2 aromatic carbocycles. The Hall–Kier alpha value is -3.02. The van der Waals surface area contributed by atoms with Crippen LogP contribution in [0.1, 0.15) is 27.6 Å². The number of benzene rings is 2. The lowest BCUT2D eigenvalue weighted by Crippen LogP contribution is -2.50. The molecule has 1 aliphatic heterocycles. The first kappa shape index (κ1) is 17.8. The fraction of sp³-hybridized carbons (Fsp3) is 0.300. The van der Waals surface area contributed by atoms with E-state index in [2.05, 4.69) is 0 Å². The van der Waals surface area contributed by atoms with E-state index in [9.17, 15) is 9.59 Å². The van der Waals surface area contributed by atoms with E-state index in [0.29, 0.717) is 55.3 Å². The van der Waals surface area contributed by atoms with Gasteiger partial charge in [-0.2, -0.15) is 0 Å². The molecule has 0 unspecified atom stereocenters. The van der Waals surface area contributed by atoms with E-state index in [4.69, 9.17) is 10.5 Å². The molecule has 0 aliphatic carbocycles. The van der Waals surface area contributed by atoms with Crippen LogP contribution in [0.3, 0.4) is 0 Å². The summed E-state index contributed by atoms with van der Waals surface area (Å²) in [6, 6.07) is 14.2. The summed E-state index contributed by atoms with van der Waals surface area (Å²) in [5.41, 5.74) is 7.47. The number of anilines is 1. The van der Waals surface area contributed by atoms with Crippen molar-refractivity contribution in [2.24, 2.45) is 0 Å². The highest BCUT2D eigenvalue weighted by Crippen LogP contribution is 2.21. The van der Waals surface area contributed by atoms with Crippen LogP contribution in [0.4, 0.5) is 5.69 Å². The van der Waals surface area contributed by atoms with E-state index in [1.807, 2.05) is 19.1 Å². The fourth-order valence-corrected chi connectivity index (χ4v) is 3.02. The van der Waals surface area contributed by atoms with Crippen LogP contribution in [0.2, 0.25) is 0 Å². The molecule has 0 bridgehead atoms. The van der Waals surface area contributed by atoms with E-state index in [1.54, 1.807) is 46.2 Å². The Morgan fingerprint density at radius 2 is 1.50 bits per heavy atom. The first-order chi connectivity index (χ1) is 12.6. The molecule has 0 radical (unpaired) electrons. The first-order valence-corrected chi connectivity index (χ1v) is 8.76. The maximum absolute atomic E-state index is 12.8. The molecule has 0 aromatic heterocycles. The summed E-state index contributed by atoms with van der Waals surface area (Å²) in [6.45, 7) is 4.41. The Balaban J connectivity index is 1.64. The summed E-state index contributed by atoms with van der Waals surface area (Å²) < 4.78 is 5.55. The molecule has 26 heavy (non-hydrogen) atoms. The van der Waals surface area contributed by atoms with Crippen molar-refractivity contribution < 1.29 is 14.3 Å². The first-order valence-electron chi connectivity index (χ1n) is 8.76. The number of ether oxygens (including phenoxy) is 1. The second-order valence-electron chi connectivity index (χ2n) is 6.14. The standard InChI is InChI=1S/C20H23N3O3/c1-2-26-18-6-4-3-5-17(18)20(25)23-13-11-22(12-14-23)19(24)15-7-9-16(21)10-8-15/h3-10H,2,11-14,21H2,1H3. The molecule has 2 N–H and O–H groups in total. The largest absolute Gasteiger partial charge is 0.493 e. The lowest BCUT2D eigenvalue weighted by atomic mass is 10.1. The molecule has 1 fully saturated rings. The van der Waals surface area contributed by atoms with Crippen LogP contribution < -0.4 is 10.5 Å². The van der Waals surface area contributed by atoms with Gasteiger partial charge in [-0.25, -0.2) is 0 Å². The summed E-state index contributed by atoms with van der Waals surface area (Å²) in [4.78, 5) is 28.9. The van der Waals surface area contributed by atoms with Crippen molar-refractivity contribution in [1.82, 2.24) is 9.80 Å². The summed E-state index contributed by atoms with van der Waals surface area (Å²) in [6.07, 6.45) is 0. The summed E-state index contributed by atoms with van der Waals surface area (Å²) >= 11 is 0. The third kappa shape index (κ3) is 3.79. The predicted octanol–water partition coefficient (Wildman–Crippen LogP) is 2.27. The van der Waals surface area contributed by atoms with Crippen LogP contribution >= 0.6 is 0 Å². The van der Waals surface area contributed by atoms with Crippen LogP contribution in [-0.4, -0.2) is 54.4 Å². The van der Waals surface area contributed by atoms with Gasteiger partial charge in [0.15, 0.2) is 0 Å². The van der Waals surface area contributed by atoms with Gasteiger partial charge in [0.25, 0.3) is 11.8 Å². The molecule has 3 rings (SSSR count). The fourth-order valence-electron chi connectivity index (χ4n) is 3.02. The number of rotatable bonds is 4. The van der Waals surface area contributed by atoms with Crippen LogP contribution in [0.5, 0.6) is 5.75 Å². The highest BCUT2D eigenvalue weighted by molar-refractivity contribution is 5.97. The average molecular weight is 353 g/mol. The number of hydrogen-bond acceptors (Lipinski definition) is 4. The van der Waals surface area contributed by atoms with Gasteiger partial charge in [-0.3, -0.25) is 9.59 Å². The minimum absolute atomic E-state index is 0.0354. The summed E-state index contributed by atoms with van der Waals surface area (Å²) in [7, 11) is 0. The van der Waals surface area contributed by atoms with Crippen molar-refractivity contribution in [3.8, 4) is 5.75 Å². The predicted molar refractivity (Wildman–Crippen MR) is 100 cm³/mol. The van der Waals surface area contributed by atoms with Gasteiger partial charge >= 0.3 is 0 Å². The summed E-state index contributed by atoms with van der Waals surface area (Å²) in [5, 5.41) is 0. The number of carbonyl (C=O) groups is 2. The number of amides is 2. The SMILES string of the molecule is CCOc1ccccc1C(=O)N1CCN(C(=O)c2ccc(N)cc2)CC1. The minimum Gasteiger partial charge on any atom is -0.493 e. The maximum Gasteiger partial charge on any atom is 0.257 e. The van der Waals surface area contributed by atoms with E-state index >= 15 is 0 Å². The second-order valence-corrected chi connectivity index (χ2v) is 6.14. The van der Waals surface area contributed by atoms with Gasteiger partial charge in [-0.05, 0) is 43.3 Å². The Bertz CT molecular complexity index is 781. The van der Waals surface area contributed by atoms with Gasteiger partial charge in [0.2, 0.25) is 0 Å². The average Bonchev–Trinajstić information content (AvgIpc) is 2.68. The maximum atomic E-state index is 12.8. The van der Waals surface area contributed by atoms with Crippen LogP contribution in [0, 0.1) is 0 Å². The van der Waals surface area contributed by atoms with Crippen molar-refractivity contribution >= 4 is 17.5 Å². The lowest BCUT2D eigenvalue weighted by molar-refractivity contribution is 0.0533. The zero-order valence-corrected chi connectivity index (χ0v) is 14.9. The monoisotopic (exact) mass is 353 g/mol. The molecule has 136 valence electrons. The highest BCUT2D eigenvalue weighted by Gasteiger charge is 2.26. The zero-order chi connectivity index (χ0) is 18.5. The number of nitrogens with zero attached hydrogens (tertiary/aromatic N) is 2. The second kappa shape index (κ2) is 7.91. The Morgan fingerprint density at radius 3 is 2.12 bits per heavy atom. The number of hydrogen-bond donors (Lipinski definition) is 1. The van der Waals surface area contributed by atoms with E-state index in [0.717, 1.165) is 0 Å². The zero-order valence-electron chi connectivity index (χ0n) is 14.9. The molecule has 6 nitrogen and oxygen atoms in total. The van der Waals surface area contributed by atoms with Crippen molar-refractivity contribution in [2.45, 2.75) is 6.92 Å². The van der Waals surface area contributed by atoms with Gasteiger partial charge < -0.3 is 20.3 Å². The molecule has 1 heterocycles. The van der Waals surface area contributed by atoms with Gasteiger partial charge in [0.1, 0.15) is 5.75 Å². The molecule has 6 heteroatoms. The third-order valence-electron chi connectivity index (χ3n) is 4.43. The molecule has 1 saturated heterocycles. The molecular weight excluding hydrogens is 330 g/mol. The lowest BCUT2D eigenvalue weighted by Gasteiger charge is -2.35. The normalized spacial score (nSPS) is 14.2. The van der Waals surface area contributed by atoms with E-state index in [-0.39, 0.29) is 11.8 Å². The molecule has 2 aromatic rings. The van der Waals surface area contributed by atoms with Crippen molar-refractivity contribution in [1.29, 1.82) is 0 Å². The van der Waals surface area contributed by atoms with Crippen molar-refractivity contribution in [3.63, 3.8) is 0 Å². The van der Waals surface area contributed by atoms with E-state index in [1.165, 1.54) is 0 Å². The number of para-hydroxylation sites is 1. The molecule has 0 atom stereocenters. The Kier molecular flexibility index (Phi) is 5.41. The van der Waals surface area contributed by atoms with Gasteiger partial charge in [-0.15, -0.1) is 0 Å². The minimum atomic E-state index is -0.0615. The number of carbonyl (C=O) groups excluding carboxylic acids is 2. The highest BCUT2D eigenvalue weighted by atomic mass is 16.5. The van der Waals surface area contributed by atoms with Crippen LogP contribution in [0.25, 0.3) is 0 Å². The van der Waals surface area contributed by atoms with Gasteiger partial charge in [-0.1, -0.05) is 12.1 Å². The van der Waals surface area contributed by atoms with Crippen molar-refractivity contribution in [2.75, 3.05) is 38.5 Å². The molecule has 1 aliphatic rings. The number of nitrogens with two attached hydrogens (primary N) is 1. The van der Waals surface area contributed by atoms with Crippen LogP contribution in [-0.2, 0) is 0 Å². The molecular formula is C20H23N3O3. The quantitative estimate of drug-likeness (QED) is 0.856. The summed E-state index contributed by atoms with van der Waals surface area (Å²) in [5.74, 6) is 0.501. The Morgan fingerprint density at radius 1 is 0.923 bits per heavy atom. The number of piperazine rings is 1. The molecule has 0 saturated carbocycles. The Labute approximate surface area is 153 Å². The van der Waals surface area contributed by atoms with E-state index < -0.39 is 0 Å². The topological polar surface area (TPSA) is 75.9 Å². The number of nitrogen functional groups attached to an aromatic ring is 1. The van der Waals surface area contributed by atoms with Gasteiger partial charge in [0, 0.05) is 37.4 Å². The van der Waals surface area contributed by atoms with Gasteiger partial charge in [0.05, 0.1) is 12.2 Å². The van der Waals surface area contributed by atoms with Crippen LogP contribution in [0.15, 0.2) is 48.5 Å². The molecule has 0 spiro atoms. The third-order valence-corrected chi connectivity index (χ3v) is 4.43.